The van der Waals surface area contributed by atoms with E-state index in [0.29, 0.717) is 11.4 Å². The number of ether oxygens (including phenoxy) is 1. The third kappa shape index (κ3) is 1.46. The molecule has 4 heteroatoms. The van der Waals surface area contributed by atoms with Crippen LogP contribution >= 0.6 is 0 Å². The standard InChI is InChI=1S/C13H19N3O/c1-8-9(2)16(12(15)11(8)7-14)13(4)5-6-17-10(13)3/h10H,5-6,15H2,1-4H3. The molecule has 92 valence electrons. The van der Waals surface area contributed by atoms with E-state index in [2.05, 4.69) is 24.5 Å². The molecule has 0 aliphatic carbocycles. The topological polar surface area (TPSA) is 64.0 Å². The highest BCUT2D eigenvalue weighted by molar-refractivity contribution is 5.58. The zero-order valence-corrected chi connectivity index (χ0v) is 10.9. The Labute approximate surface area is 102 Å². The van der Waals surface area contributed by atoms with Crippen molar-refractivity contribution in [1.82, 2.24) is 4.57 Å². The quantitative estimate of drug-likeness (QED) is 0.807. The van der Waals surface area contributed by atoms with Gasteiger partial charge in [0.25, 0.3) is 0 Å². The maximum absolute atomic E-state index is 9.16. The van der Waals surface area contributed by atoms with Crippen LogP contribution < -0.4 is 5.73 Å². The first-order chi connectivity index (χ1) is 7.93. The number of nitriles is 1. The van der Waals surface area contributed by atoms with Crippen molar-refractivity contribution in [3.63, 3.8) is 0 Å². The summed E-state index contributed by atoms with van der Waals surface area (Å²) in [7, 11) is 0. The van der Waals surface area contributed by atoms with E-state index >= 15 is 0 Å². The van der Waals surface area contributed by atoms with Crippen molar-refractivity contribution in [2.75, 3.05) is 12.3 Å². The monoisotopic (exact) mass is 233 g/mol. The molecule has 4 nitrogen and oxygen atoms in total. The van der Waals surface area contributed by atoms with Crippen LogP contribution in [-0.2, 0) is 10.3 Å². The Bertz CT molecular complexity index is 498. The van der Waals surface area contributed by atoms with Gasteiger partial charge in [-0.3, -0.25) is 0 Å². The number of nitrogen functional groups attached to an aromatic ring is 1. The van der Waals surface area contributed by atoms with E-state index in [-0.39, 0.29) is 11.6 Å². The van der Waals surface area contributed by atoms with Crippen molar-refractivity contribution < 1.29 is 4.74 Å². The van der Waals surface area contributed by atoms with E-state index in [4.69, 9.17) is 15.7 Å². The molecule has 0 radical (unpaired) electrons. The van der Waals surface area contributed by atoms with Crippen LogP contribution in [0, 0.1) is 25.2 Å². The first kappa shape index (κ1) is 12.0. The van der Waals surface area contributed by atoms with Gasteiger partial charge in [0.05, 0.1) is 17.2 Å². The Kier molecular flexibility index (Phi) is 2.67. The SMILES string of the molecule is Cc1c(C#N)c(N)n(C2(C)CCOC2C)c1C. The lowest BCUT2D eigenvalue weighted by Crippen LogP contribution is -2.38. The van der Waals surface area contributed by atoms with Crippen LogP contribution in [0.1, 0.15) is 37.1 Å². The van der Waals surface area contributed by atoms with Gasteiger partial charge in [0.15, 0.2) is 0 Å². The fraction of sp³-hybridized carbons (Fsp3) is 0.615. The van der Waals surface area contributed by atoms with E-state index < -0.39 is 0 Å². The number of hydrogen-bond donors (Lipinski definition) is 1. The molecule has 2 rings (SSSR count). The number of nitrogens with zero attached hydrogens (tertiary/aromatic N) is 2. The van der Waals surface area contributed by atoms with Crippen molar-refractivity contribution in [2.45, 2.75) is 45.8 Å². The third-order valence-corrected chi connectivity index (χ3v) is 4.22. The molecule has 17 heavy (non-hydrogen) atoms. The molecule has 2 atom stereocenters. The van der Waals surface area contributed by atoms with Gasteiger partial charge in [-0.05, 0) is 39.7 Å². The van der Waals surface area contributed by atoms with Crippen LogP contribution in [-0.4, -0.2) is 17.3 Å². The molecule has 1 aliphatic heterocycles. The minimum Gasteiger partial charge on any atom is -0.384 e. The summed E-state index contributed by atoms with van der Waals surface area (Å²) in [6.07, 6.45) is 1.04. The van der Waals surface area contributed by atoms with Gasteiger partial charge in [0, 0.05) is 12.3 Å². The Hall–Kier alpha value is -1.47. The predicted molar refractivity (Wildman–Crippen MR) is 66.7 cm³/mol. The molecule has 0 aromatic carbocycles. The number of anilines is 1. The molecule has 2 heterocycles. The smallest absolute Gasteiger partial charge is 0.122 e. The Morgan fingerprint density at radius 3 is 2.59 bits per heavy atom. The third-order valence-electron chi connectivity index (χ3n) is 4.22. The average molecular weight is 233 g/mol. The second kappa shape index (κ2) is 3.78. The molecule has 1 aromatic rings. The highest BCUT2D eigenvalue weighted by Crippen LogP contribution is 2.39. The first-order valence-corrected chi connectivity index (χ1v) is 5.93. The number of nitrogens with two attached hydrogens (primary N) is 1. The van der Waals surface area contributed by atoms with E-state index in [9.17, 15) is 0 Å². The molecule has 0 spiro atoms. The van der Waals surface area contributed by atoms with Gasteiger partial charge in [-0.2, -0.15) is 5.26 Å². The minimum absolute atomic E-state index is 0.113. The van der Waals surface area contributed by atoms with Gasteiger partial charge in [-0.25, -0.2) is 0 Å². The number of rotatable bonds is 1. The van der Waals surface area contributed by atoms with Crippen molar-refractivity contribution in [3.8, 4) is 6.07 Å². The molecule has 2 unspecified atom stereocenters. The first-order valence-electron chi connectivity index (χ1n) is 5.93. The normalized spacial score (nSPS) is 28.3. The van der Waals surface area contributed by atoms with Crippen molar-refractivity contribution in [2.24, 2.45) is 0 Å². The van der Waals surface area contributed by atoms with Gasteiger partial charge >= 0.3 is 0 Å². The van der Waals surface area contributed by atoms with E-state index in [0.717, 1.165) is 24.3 Å². The molecule has 0 amide bonds. The van der Waals surface area contributed by atoms with Crippen LogP contribution in [0.5, 0.6) is 0 Å². The van der Waals surface area contributed by atoms with Crippen LogP contribution in [0.15, 0.2) is 0 Å². The molecule has 0 bridgehead atoms. The lowest BCUT2D eigenvalue weighted by Gasteiger charge is -2.32. The summed E-state index contributed by atoms with van der Waals surface area (Å²) in [5.41, 5.74) is 8.63. The van der Waals surface area contributed by atoms with Gasteiger partial charge in [0.1, 0.15) is 11.9 Å². The second-order valence-electron chi connectivity index (χ2n) is 5.04. The van der Waals surface area contributed by atoms with Crippen molar-refractivity contribution >= 4 is 5.82 Å². The fourth-order valence-corrected chi connectivity index (χ4v) is 2.75. The number of aromatic nitrogens is 1. The Balaban J connectivity index is 2.65. The van der Waals surface area contributed by atoms with Crippen molar-refractivity contribution in [3.05, 3.63) is 16.8 Å². The lowest BCUT2D eigenvalue weighted by molar-refractivity contribution is 0.0761. The van der Waals surface area contributed by atoms with Crippen molar-refractivity contribution in [1.29, 1.82) is 5.26 Å². The molecule has 2 N–H and O–H groups in total. The molecular weight excluding hydrogens is 214 g/mol. The van der Waals surface area contributed by atoms with Crippen LogP contribution in [0.4, 0.5) is 5.82 Å². The summed E-state index contributed by atoms with van der Waals surface area (Å²) in [5.74, 6) is 0.572. The Morgan fingerprint density at radius 1 is 1.53 bits per heavy atom. The van der Waals surface area contributed by atoms with E-state index in [1.807, 2.05) is 13.8 Å². The van der Waals surface area contributed by atoms with Crippen LogP contribution in [0.2, 0.25) is 0 Å². The molecule has 1 aromatic heterocycles. The molecular formula is C13H19N3O. The van der Waals surface area contributed by atoms with Crippen LogP contribution in [0.3, 0.4) is 0 Å². The van der Waals surface area contributed by atoms with E-state index in [1.54, 1.807) is 0 Å². The summed E-state index contributed by atoms with van der Waals surface area (Å²) in [6, 6.07) is 2.19. The van der Waals surface area contributed by atoms with Gasteiger partial charge in [-0.15, -0.1) is 0 Å². The zero-order valence-electron chi connectivity index (χ0n) is 10.9. The van der Waals surface area contributed by atoms with Gasteiger partial charge < -0.3 is 15.0 Å². The summed E-state index contributed by atoms with van der Waals surface area (Å²) in [6.45, 7) is 8.92. The molecule has 1 aliphatic rings. The zero-order chi connectivity index (χ0) is 12.8. The van der Waals surface area contributed by atoms with Gasteiger partial charge in [0.2, 0.25) is 0 Å². The summed E-state index contributed by atoms with van der Waals surface area (Å²) < 4.78 is 7.74. The highest BCUT2D eigenvalue weighted by Gasteiger charge is 2.41. The van der Waals surface area contributed by atoms with E-state index in [1.165, 1.54) is 0 Å². The summed E-state index contributed by atoms with van der Waals surface area (Å²) in [4.78, 5) is 0. The van der Waals surface area contributed by atoms with Crippen LogP contribution in [0.25, 0.3) is 0 Å². The maximum Gasteiger partial charge on any atom is 0.122 e. The van der Waals surface area contributed by atoms with Gasteiger partial charge in [-0.1, -0.05) is 0 Å². The highest BCUT2D eigenvalue weighted by atomic mass is 16.5. The largest absolute Gasteiger partial charge is 0.384 e. The maximum atomic E-state index is 9.16. The molecule has 1 saturated heterocycles. The predicted octanol–water partition coefficient (Wildman–Crippen LogP) is 2.08. The fourth-order valence-electron chi connectivity index (χ4n) is 2.75. The molecule has 0 saturated carbocycles. The molecule has 1 fully saturated rings. The average Bonchev–Trinajstić information content (AvgIpc) is 2.70. The second-order valence-corrected chi connectivity index (χ2v) is 5.04. The Morgan fingerprint density at radius 2 is 2.18 bits per heavy atom. The summed E-state index contributed by atoms with van der Waals surface area (Å²) in [5, 5.41) is 9.16. The number of hydrogen-bond acceptors (Lipinski definition) is 3. The summed E-state index contributed by atoms with van der Waals surface area (Å²) >= 11 is 0. The lowest BCUT2D eigenvalue weighted by atomic mass is 9.94. The minimum atomic E-state index is -0.145.